The van der Waals surface area contributed by atoms with Gasteiger partial charge in [-0.3, -0.25) is 4.98 Å². The van der Waals surface area contributed by atoms with E-state index in [9.17, 15) is 4.79 Å². The lowest BCUT2D eigenvalue weighted by molar-refractivity contribution is 0.259. The maximum atomic E-state index is 11.3. The third-order valence-electron chi connectivity index (χ3n) is 1.59. The van der Waals surface area contributed by atoms with Crippen molar-refractivity contribution in [2.75, 3.05) is 19.4 Å². The highest BCUT2D eigenvalue weighted by Crippen LogP contribution is 2.02. The molecule has 0 aliphatic rings. The summed E-state index contributed by atoms with van der Waals surface area (Å²) in [6, 6.07) is 2.91. The van der Waals surface area contributed by atoms with E-state index >= 15 is 0 Å². The van der Waals surface area contributed by atoms with Gasteiger partial charge in [-0.1, -0.05) is 0 Å². The van der Waals surface area contributed by atoms with E-state index in [2.05, 4.69) is 15.3 Å². The van der Waals surface area contributed by atoms with Gasteiger partial charge in [-0.25, -0.2) is 4.79 Å². The van der Waals surface area contributed by atoms with Gasteiger partial charge in [-0.15, -0.1) is 0 Å². The molecule has 80 valence electrons. The standard InChI is InChI=1S/C9H13N5O/c1-14(2)8(10)13-9(15)12-7-4-3-5-11-6-7/h3-6H,1-2H3,(H3,10,12,13,15). The maximum absolute atomic E-state index is 11.3. The largest absolute Gasteiger partial charge is 0.369 e. The average molecular weight is 207 g/mol. The summed E-state index contributed by atoms with van der Waals surface area (Å²) >= 11 is 0. The summed E-state index contributed by atoms with van der Waals surface area (Å²) in [5.41, 5.74) is 6.05. The Kier molecular flexibility index (Phi) is 3.61. The summed E-state index contributed by atoms with van der Waals surface area (Å²) in [4.78, 5) is 20.3. The number of urea groups is 1. The number of nitrogens with two attached hydrogens (primary N) is 1. The van der Waals surface area contributed by atoms with Crippen molar-refractivity contribution in [2.45, 2.75) is 0 Å². The second-order valence-corrected chi connectivity index (χ2v) is 3.04. The predicted octanol–water partition coefficient (Wildman–Crippen LogP) is 0.490. The third kappa shape index (κ3) is 3.63. The molecule has 0 fully saturated rings. The van der Waals surface area contributed by atoms with Crippen LogP contribution in [-0.2, 0) is 0 Å². The monoisotopic (exact) mass is 207 g/mol. The number of hydrogen-bond acceptors (Lipinski definition) is 2. The number of anilines is 1. The lowest BCUT2D eigenvalue weighted by Crippen LogP contribution is -2.31. The molecule has 3 N–H and O–H groups in total. The molecular formula is C9H13N5O. The molecule has 0 unspecified atom stereocenters. The summed E-state index contributed by atoms with van der Waals surface area (Å²) in [6.45, 7) is 0. The fourth-order valence-corrected chi connectivity index (χ4v) is 0.792. The summed E-state index contributed by atoms with van der Waals surface area (Å²) in [5, 5.41) is 2.53. The zero-order valence-electron chi connectivity index (χ0n) is 8.64. The van der Waals surface area contributed by atoms with E-state index < -0.39 is 6.03 Å². The Hall–Kier alpha value is -2.11. The smallest absolute Gasteiger partial charge is 0.348 e. The second-order valence-electron chi connectivity index (χ2n) is 3.04. The van der Waals surface area contributed by atoms with Gasteiger partial charge in [0.05, 0.1) is 11.9 Å². The summed E-state index contributed by atoms with van der Waals surface area (Å²) < 4.78 is 0. The van der Waals surface area contributed by atoms with Gasteiger partial charge < -0.3 is 16.0 Å². The lowest BCUT2D eigenvalue weighted by Gasteiger charge is -2.09. The number of aromatic nitrogens is 1. The first kappa shape index (κ1) is 11.0. The quantitative estimate of drug-likeness (QED) is 0.518. The number of amides is 2. The van der Waals surface area contributed by atoms with E-state index in [1.165, 1.54) is 6.20 Å². The van der Waals surface area contributed by atoms with Gasteiger partial charge in [0.25, 0.3) is 0 Å². The van der Waals surface area contributed by atoms with Crippen molar-refractivity contribution >= 4 is 17.7 Å². The number of carbonyl (C=O) groups excluding carboxylic acids is 1. The van der Waals surface area contributed by atoms with E-state index in [1.807, 2.05) is 0 Å². The molecular weight excluding hydrogens is 194 g/mol. The third-order valence-corrected chi connectivity index (χ3v) is 1.59. The van der Waals surface area contributed by atoms with Crippen LogP contribution >= 0.6 is 0 Å². The molecule has 6 heteroatoms. The SMILES string of the molecule is CN(C)C(N)=NC(=O)Nc1cccnc1. The van der Waals surface area contributed by atoms with E-state index in [4.69, 9.17) is 5.73 Å². The normalized spacial score (nSPS) is 10.9. The van der Waals surface area contributed by atoms with E-state index in [0.717, 1.165) is 0 Å². The second kappa shape index (κ2) is 4.94. The van der Waals surface area contributed by atoms with Gasteiger partial charge in [0, 0.05) is 20.3 Å². The summed E-state index contributed by atoms with van der Waals surface area (Å²) in [5.74, 6) is 0.149. The summed E-state index contributed by atoms with van der Waals surface area (Å²) in [7, 11) is 3.41. The van der Waals surface area contributed by atoms with Gasteiger partial charge in [-0.05, 0) is 12.1 Å². The van der Waals surface area contributed by atoms with Crippen LogP contribution in [0.1, 0.15) is 0 Å². The first-order valence-corrected chi connectivity index (χ1v) is 4.32. The van der Waals surface area contributed by atoms with Gasteiger partial charge in [-0.2, -0.15) is 4.99 Å². The van der Waals surface area contributed by atoms with Crippen molar-refractivity contribution in [3.05, 3.63) is 24.5 Å². The molecule has 2 amide bonds. The Balaban J connectivity index is 2.61. The van der Waals surface area contributed by atoms with Crippen LogP contribution in [-0.4, -0.2) is 36.0 Å². The van der Waals surface area contributed by atoms with Crippen molar-refractivity contribution in [1.82, 2.24) is 9.88 Å². The Labute approximate surface area is 87.8 Å². The fourth-order valence-electron chi connectivity index (χ4n) is 0.792. The van der Waals surface area contributed by atoms with Crippen molar-refractivity contribution in [3.63, 3.8) is 0 Å². The zero-order valence-corrected chi connectivity index (χ0v) is 8.64. The topological polar surface area (TPSA) is 83.6 Å². The van der Waals surface area contributed by atoms with Gasteiger partial charge in [0.2, 0.25) is 0 Å². The highest BCUT2D eigenvalue weighted by Gasteiger charge is 2.02. The Morgan fingerprint density at radius 1 is 1.60 bits per heavy atom. The fraction of sp³-hybridized carbons (Fsp3) is 0.222. The number of nitrogens with zero attached hydrogens (tertiary/aromatic N) is 3. The molecule has 1 aromatic rings. The molecule has 1 rings (SSSR count). The molecule has 15 heavy (non-hydrogen) atoms. The zero-order chi connectivity index (χ0) is 11.3. The predicted molar refractivity (Wildman–Crippen MR) is 58.6 cm³/mol. The number of carbonyl (C=O) groups is 1. The minimum Gasteiger partial charge on any atom is -0.369 e. The number of guanidine groups is 1. The van der Waals surface area contributed by atoms with Crippen LogP contribution in [0, 0.1) is 0 Å². The number of rotatable bonds is 1. The van der Waals surface area contributed by atoms with Crippen LogP contribution in [0.3, 0.4) is 0 Å². The first-order valence-electron chi connectivity index (χ1n) is 4.32. The van der Waals surface area contributed by atoms with E-state index in [1.54, 1.807) is 37.3 Å². The maximum Gasteiger partial charge on any atom is 0.348 e. The molecule has 0 saturated heterocycles. The molecule has 0 bridgehead atoms. The Morgan fingerprint density at radius 3 is 2.87 bits per heavy atom. The van der Waals surface area contributed by atoms with Crippen LogP contribution in [0.15, 0.2) is 29.5 Å². The molecule has 6 nitrogen and oxygen atoms in total. The van der Waals surface area contributed by atoms with E-state index in [-0.39, 0.29) is 5.96 Å². The minimum atomic E-state index is -0.519. The van der Waals surface area contributed by atoms with Crippen LogP contribution < -0.4 is 11.1 Å². The highest BCUT2D eigenvalue weighted by molar-refractivity contribution is 5.98. The molecule has 0 radical (unpaired) electrons. The first-order chi connectivity index (χ1) is 7.09. The molecule has 1 heterocycles. The molecule has 0 spiro atoms. The van der Waals surface area contributed by atoms with Gasteiger partial charge >= 0.3 is 6.03 Å². The van der Waals surface area contributed by atoms with Crippen LogP contribution in [0.25, 0.3) is 0 Å². The highest BCUT2D eigenvalue weighted by atomic mass is 16.2. The van der Waals surface area contributed by atoms with Crippen LogP contribution in [0.5, 0.6) is 0 Å². The molecule has 0 aromatic carbocycles. The number of pyridine rings is 1. The van der Waals surface area contributed by atoms with E-state index in [0.29, 0.717) is 5.69 Å². The van der Waals surface area contributed by atoms with Crippen LogP contribution in [0.4, 0.5) is 10.5 Å². The minimum absolute atomic E-state index is 0.149. The average Bonchev–Trinajstić information content (AvgIpc) is 2.18. The number of aliphatic imine (C=N–C) groups is 1. The van der Waals surface area contributed by atoms with Crippen molar-refractivity contribution in [3.8, 4) is 0 Å². The molecule has 0 saturated carbocycles. The lowest BCUT2D eigenvalue weighted by atomic mass is 10.4. The van der Waals surface area contributed by atoms with Gasteiger partial charge in [0.15, 0.2) is 5.96 Å². The van der Waals surface area contributed by atoms with Crippen molar-refractivity contribution < 1.29 is 4.79 Å². The molecule has 0 atom stereocenters. The number of hydrogen-bond donors (Lipinski definition) is 2. The molecule has 0 aliphatic heterocycles. The van der Waals surface area contributed by atoms with Crippen molar-refractivity contribution in [1.29, 1.82) is 0 Å². The number of nitrogens with one attached hydrogen (secondary N) is 1. The molecule has 0 aliphatic carbocycles. The van der Waals surface area contributed by atoms with Crippen molar-refractivity contribution in [2.24, 2.45) is 10.7 Å². The molecule has 1 aromatic heterocycles. The van der Waals surface area contributed by atoms with Gasteiger partial charge in [0.1, 0.15) is 0 Å². The Morgan fingerprint density at radius 2 is 2.33 bits per heavy atom. The van der Waals surface area contributed by atoms with Crippen LogP contribution in [0.2, 0.25) is 0 Å². The Bertz CT molecular complexity index is 360. The summed E-state index contributed by atoms with van der Waals surface area (Å²) in [6.07, 6.45) is 3.15.